The van der Waals surface area contributed by atoms with E-state index in [1.165, 1.54) is 36.4 Å². The first kappa shape index (κ1) is 41.0. The molecule has 0 aliphatic rings. The molecule has 1 atom stereocenters. The Kier molecular flexibility index (Phi) is 12.7. The Labute approximate surface area is 268 Å². The molecule has 2 rings (SSSR count). The molecule has 1 N–H and O–H groups in total. The summed E-state index contributed by atoms with van der Waals surface area (Å²) in [6, 6.07) is 9.69. The first-order chi connectivity index (χ1) is 22.4. The van der Waals surface area contributed by atoms with Gasteiger partial charge in [0, 0.05) is 13.0 Å². The van der Waals surface area contributed by atoms with Crippen LogP contribution in [0.15, 0.2) is 48.5 Å². The molecule has 2 aromatic rings. The van der Waals surface area contributed by atoms with Crippen LogP contribution in [-0.2, 0) is 16.0 Å². The van der Waals surface area contributed by atoms with Gasteiger partial charge in [-0.15, -0.1) is 0 Å². The molecule has 0 heterocycles. The zero-order valence-electron chi connectivity index (χ0n) is 25.0. The number of halogens is 13. The Balaban J connectivity index is 2.37. The van der Waals surface area contributed by atoms with Gasteiger partial charge in [0.2, 0.25) is 0 Å². The Bertz CT molecular complexity index is 1420. The van der Waals surface area contributed by atoms with Crippen molar-refractivity contribution in [1.82, 2.24) is 4.90 Å². The van der Waals surface area contributed by atoms with Crippen LogP contribution in [0.5, 0.6) is 17.2 Å². The molecule has 2 aromatic carbocycles. The molecular formula is C28H26F13NO7. The second-order valence-corrected chi connectivity index (χ2v) is 9.92. The average Bonchev–Trinajstić information content (AvgIpc) is 3.00. The molecule has 0 aromatic heterocycles. The van der Waals surface area contributed by atoms with Crippen molar-refractivity contribution >= 4 is 12.1 Å². The van der Waals surface area contributed by atoms with E-state index in [0.717, 1.165) is 19.2 Å². The number of hydrogen-bond donors (Lipinski definition) is 1. The van der Waals surface area contributed by atoms with Crippen LogP contribution in [0.2, 0.25) is 0 Å². The van der Waals surface area contributed by atoms with Gasteiger partial charge in [0.15, 0.2) is 17.6 Å². The number of benzene rings is 2. The molecule has 0 saturated carbocycles. The van der Waals surface area contributed by atoms with Crippen LogP contribution in [-0.4, -0.2) is 97.4 Å². The number of alkyl halides is 13. The van der Waals surface area contributed by atoms with Crippen LogP contribution in [0.4, 0.5) is 61.9 Å². The van der Waals surface area contributed by atoms with Gasteiger partial charge in [-0.1, -0.05) is 24.3 Å². The fourth-order valence-electron chi connectivity index (χ4n) is 3.87. The van der Waals surface area contributed by atoms with E-state index in [1.54, 1.807) is 6.92 Å². The maximum Gasteiger partial charge on any atom is 0.460 e. The third kappa shape index (κ3) is 8.71. The summed E-state index contributed by atoms with van der Waals surface area (Å²) in [5.74, 6) is -40.6. The highest BCUT2D eigenvalue weighted by molar-refractivity contribution is 5.73. The number of para-hydroxylation sites is 2. The van der Waals surface area contributed by atoms with Crippen LogP contribution in [0.25, 0.3) is 0 Å². The number of carbonyl (C=O) groups is 2. The minimum atomic E-state index is -8.11. The molecule has 1 unspecified atom stereocenters. The molecule has 0 spiro atoms. The number of methoxy groups -OCH3 is 1. The molecule has 0 bridgehead atoms. The van der Waals surface area contributed by atoms with Crippen LogP contribution in [0, 0.1) is 0 Å². The largest absolute Gasteiger partial charge is 0.493 e. The van der Waals surface area contributed by atoms with Gasteiger partial charge in [0.25, 0.3) is 0 Å². The van der Waals surface area contributed by atoms with Crippen molar-refractivity contribution in [1.29, 1.82) is 0 Å². The molecule has 1 amide bonds. The molecule has 8 nitrogen and oxygen atoms in total. The number of ether oxygens (including phenoxy) is 4. The second-order valence-electron chi connectivity index (χ2n) is 9.92. The van der Waals surface area contributed by atoms with Crippen LogP contribution in [0.3, 0.4) is 0 Å². The summed E-state index contributed by atoms with van der Waals surface area (Å²) < 4.78 is 198. The number of aliphatic carboxylic acids is 1. The second kappa shape index (κ2) is 15.2. The molecule has 0 saturated heterocycles. The first-order valence-corrected chi connectivity index (χ1v) is 13.5. The van der Waals surface area contributed by atoms with E-state index in [4.69, 9.17) is 18.9 Å². The summed E-state index contributed by atoms with van der Waals surface area (Å²) in [7, 11) is 1.04. The van der Waals surface area contributed by atoms with Gasteiger partial charge in [-0.25, -0.2) is 9.59 Å². The molecule has 21 heteroatoms. The van der Waals surface area contributed by atoms with Crippen LogP contribution in [0.1, 0.15) is 12.5 Å². The highest BCUT2D eigenvalue weighted by Gasteiger charge is 2.90. The monoisotopic (exact) mass is 735 g/mol. The fourth-order valence-corrected chi connectivity index (χ4v) is 3.87. The zero-order valence-corrected chi connectivity index (χ0v) is 25.0. The van der Waals surface area contributed by atoms with E-state index >= 15 is 0 Å². The SMILES string of the molecule is CCOC(Cc1ccc(OCCN(CC(F)(F)C(F)(F)C(F)(F)C(F)(F)C(F)(F)C(F)(F)F)C(=O)Oc2ccccc2OC)cc1)C(=O)O. The molecule has 0 fully saturated rings. The van der Waals surface area contributed by atoms with Crippen molar-refractivity contribution in [2.45, 2.75) is 55.2 Å². The third-order valence-corrected chi connectivity index (χ3v) is 6.53. The lowest BCUT2D eigenvalue weighted by atomic mass is 9.93. The standard InChI is InChI=1S/C28H26F13NO7/c1-3-47-20(21(43)44)14-16-8-10-17(11-9-16)48-13-12-42(22(45)49-19-7-5-4-6-18(19)46-2)15-23(29,30)24(31,32)25(33,34)26(35,36)27(37,38)28(39,40)41/h4-11,20H,3,12-15H2,1-2H3,(H,43,44). The van der Waals surface area contributed by atoms with E-state index in [1.807, 2.05) is 0 Å². The predicted octanol–water partition coefficient (Wildman–Crippen LogP) is 7.35. The van der Waals surface area contributed by atoms with Crippen molar-refractivity contribution in [2.75, 3.05) is 33.4 Å². The number of amides is 1. The van der Waals surface area contributed by atoms with Crippen molar-refractivity contribution < 1.29 is 90.7 Å². The number of rotatable bonds is 17. The molecular weight excluding hydrogens is 709 g/mol. The van der Waals surface area contributed by atoms with Crippen molar-refractivity contribution in [3.05, 3.63) is 54.1 Å². The summed E-state index contributed by atoms with van der Waals surface area (Å²) >= 11 is 0. The number of hydrogen-bond acceptors (Lipinski definition) is 6. The molecule has 0 aliphatic heterocycles. The maximum atomic E-state index is 14.8. The summed E-state index contributed by atoms with van der Waals surface area (Å²) in [4.78, 5) is 23.6. The van der Waals surface area contributed by atoms with Crippen molar-refractivity contribution in [3.8, 4) is 17.2 Å². The van der Waals surface area contributed by atoms with E-state index in [0.29, 0.717) is 5.56 Å². The van der Waals surface area contributed by atoms with Gasteiger partial charge in [0.05, 0.1) is 20.2 Å². The number of carboxylic acids is 1. The Morgan fingerprint density at radius 2 is 1.31 bits per heavy atom. The smallest absolute Gasteiger partial charge is 0.460 e. The van der Waals surface area contributed by atoms with Crippen molar-refractivity contribution in [3.63, 3.8) is 0 Å². The highest BCUT2D eigenvalue weighted by atomic mass is 19.4. The summed E-state index contributed by atoms with van der Waals surface area (Å²) in [5, 5.41) is 9.18. The fraction of sp³-hybridized carbons (Fsp3) is 0.500. The highest BCUT2D eigenvalue weighted by Crippen LogP contribution is 2.60. The molecule has 0 radical (unpaired) electrons. The van der Waals surface area contributed by atoms with Gasteiger partial charge in [-0.3, -0.25) is 4.90 Å². The topological polar surface area (TPSA) is 94.5 Å². The Hall–Kier alpha value is -4.17. The van der Waals surface area contributed by atoms with E-state index in [9.17, 15) is 71.8 Å². The Morgan fingerprint density at radius 1 is 0.776 bits per heavy atom. The van der Waals surface area contributed by atoms with Gasteiger partial charge in [0.1, 0.15) is 12.4 Å². The Morgan fingerprint density at radius 3 is 1.80 bits per heavy atom. The van der Waals surface area contributed by atoms with Gasteiger partial charge in [-0.05, 0) is 36.8 Å². The molecule has 49 heavy (non-hydrogen) atoms. The summed E-state index contributed by atoms with van der Waals surface area (Å²) in [6.07, 6.45) is -11.0. The number of carbonyl (C=O) groups excluding carboxylic acids is 1. The average molecular weight is 735 g/mol. The summed E-state index contributed by atoms with van der Waals surface area (Å²) in [5.41, 5.74) is 0.394. The first-order valence-electron chi connectivity index (χ1n) is 13.5. The lowest BCUT2D eigenvalue weighted by molar-refractivity contribution is -0.440. The van der Waals surface area contributed by atoms with Gasteiger partial charge in [-0.2, -0.15) is 57.1 Å². The predicted molar refractivity (Wildman–Crippen MR) is 140 cm³/mol. The van der Waals surface area contributed by atoms with Gasteiger partial charge >= 0.3 is 47.9 Å². The maximum absolute atomic E-state index is 14.8. The van der Waals surface area contributed by atoms with E-state index in [-0.39, 0.29) is 24.5 Å². The van der Waals surface area contributed by atoms with Crippen LogP contribution < -0.4 is 14.2 Å². The molecule has 0 aliphatic carbocycles. The minimum absolute atomic E-state index is 0.0687. The molecule has 276 valence electrons. The van der Waals surface area contributed by atoms with E-state index < -0.39 is 84.3 Å². The van der Waals surface area contributed by atoms with E-state index in [2.05, 4.69) is 0 Å². The normalized spacial score (nSPS) is 13.9. The third-order valence-electron chi connectivity index (χ3n) is 6.53. The minimum Gasteiger partial charge on any atom is -0.493 e. The van der Waals surface area contributed by atoms with Crippen LogP contribution >= 0.6 is 0 Å². The number of carboxylic acid groups (broad SMARTS) is 1. The number of nitrogens with zero attached hydrogens (tertiary/aromatic N) is 1. The quantitative estimate of drug-likeness (QED) is 0.170. The zero-order chi connectivity index (χ0) is 37.6. The lowest BCUT2D eigenvalue weighted by Gasteiger charge is -2.40. The lowest BCUT2D eigenvalue weighted by Crippen LogP contribution is -2.71. The van der Waals surface area contributed by atoms with Crippen molar-refractivity contribution in [2.24, 2.45) is 0 Å². The van der Waals surface area contributed by atoms with Gasteiger partial charge < -0.3 is 24.1 Å². The summed E-state index contributed by atoms with van der Waals surface area (Å²) in [6.45, 7) is -3.61.